The largest absolute Gasteiger partial charge is 0.279 e. The number of aromatic nitrogens is 4. The summed E-state index contributed by atoms with van der Waals surface area (Å²) in [5, 5.41) is 8.12. The molecular weight excluding hydrogens is 164 g/mol. The monoisotopic (exact) mass is 176 g/mol. The van der Waals surface area contributed by atoms with Crippen molar-refractivity contribution in [1.82, 2.24) is 20.2 Å². The molecule has 0 bridgehead atoms. The van der Waals surface area contributed by atoms with Gasteiger partial charge in [0, 0.05) is 11.6 Å². The Kier molecular flexibility index (Phi) is 1.58. The topological polar surface area (TPSA) is 54.5 Å². The van der Waals surface area contributed by atoms with Gasteiger partial charge in [0.2, 0.25) is 0 Å². The van der Waals surface area contributed by atoms with E-state index in [1.54, 1.807) is 6.20 Å². The molecule has 0 saturated carbocycles. The fourth-order valence-electron chi connectivity index (χ4n) is 1.33. The summed E-state index contributed by atoms with van der Waals surface area (Å²) in [6.07, 6.45) is 3.31. The summed E-state index contributed by atoms with van der Waals surface area (Å²) in [6.45, 7) is 6.40. The first-order valence-electron chi connectivity index (χ1n) is 4.23. The van der Waals surface area contributed by atoms with E-state index in [2.05, 4.69) is 40.9 Å². The molecule has 2 aromatic rings. The van der Waals surface area contributed by atoms with E-state index in [4.69, 9.17) is 0 Å². The van der Waals surface area contributed by atoms with E-state index >= 15 is 0 Å². The van der Waals surface area contributed by atoms with Crippen molar-refractivity contribution in [2.75, 3.05) is 0 Å². The minimum atomic E-state index is 0.0550. The first-order chi connectivity index (χ1) is 6.09. The van der Waals surface area contributed by atoms with Gasteiger partial charge in [0.25, 0.3) is 0 Å². The first kappa shape index (κ1) is 8.16. The highest BCUT2D eigenvalue weighted by atomic mass is 15.2. The number of rotatable bonds is 0. The molecule has 4 heteroatoms. The molecule has 0 aromatic carbocycles. The fraction of sp³-hybridized carbons (Fsp3) is 0.444. The van der Waals surface area contributed by atoms with Crippen LogP contribution in [0.15, 0.2) is 12.5 Å². The van der Waals surface area contributed by atoms with Crippen LogP contribution in [-0.4, -0.2) is 20.2 Å². The Labute approximate surface area is 76.4 Å². The van der Waals surface area contributed by atoms with Gasteiger partial charge < -0.3 is 0 Å². The van der Waals surface area contributed by atoms with Gasteiger partial charge in [-0.3, -0.25) is 5.10 Å². The lowest BCUT2D eigenvalue weighted by atomic mass is 9.91. The summed E-state index contributed by atoms with van der Waals surface area (Å²) >= 11 is 0. The highest BCUT2D eigenvalue weighted by molar-refractivity contribution is 5.77. The molecule has 0 amide bonds. The first-order valence-corrected chi connectivity index (χ1v) is 4.23. The number of fused-ring (bicyclic) bond motifs is 1. The van der Waals surface area contributed by atoms with E-state index in [1.807, 2.05) is 0 Å². The molecule has 2 heterocycles. The lowest BCUT2D eigenvalue weighted by Crippen LogP contribution is -2.12. The molecule has 4 nitrogen and oxygen atoms in total. The SMILES string of the molecule is CC(C)(C)c1[nH]nc2ncncc12. The van der Waals surface area contributed by atoms with Gasteiger partial charge in [0.15, 0.2) is 5.65 Å². The maximum Gasteiger partial charge on any atom is 0.184 e. The Bertz CT molecular complexity index is 424. The zero-order chi connectivity index (χ0) is 9.47. The van der Waals surface area contributed by atoms with Crippen molar-refractivity contribution in [3.8, 4) is 0 Å². The molecule has 0 spiro atoms. The maximum atomic E-state index is 4.11. The molecule has 0 radical (unpaired) electrons. The Hall–Kier alpha value is -1.45. The van der Waals surface area contributed by atoms with E-state index in [1.165, 1.54) is 6.33 Å². The summed E-state index contributed by atoms with van der Waals surface area (Å²) in [5.74, 6) is 0. The smallest absolute Gasteiger partial charge is 0.184 e. The van der Waals surface area contributed by atoms with Crippen LogP contribution in [0.2, 0.25) is 0 Å². The van der Waals surface area contributed by atoms with E-state index in [0.29, 0.717) is 0 Å². The molecule has 1 N–H and O–H groups in total. The lowest BCUT2D eigenvalue weighted by Gasteiger charge is -2.15. The van der Waals surface area contributed by atoms with E-state index in [9.17, 15) is 0 Å². The quantitative estimate of drug-likeness (QED) is 0.664. The number of hydrogen-bond acceptors (Lipinski definition) is 3. The summed E-state index contributed by atoms with van der Waals surface area (Å²) < 4.78 is 0. The van der Waals surface area contributed by atoms with Gasteiger partial charge in [0.1, 0.15) is 6.33 Å². The van der Waals surface area contributed by atoms with Crippen molar-refractivity contribution in [2.24, 2.45) is 0 Å². The number of hydrogen-bond donors (Lipinski definition) is 1. The van der Waals surface area contributed by atoms with Gasteiger partial charge in [-0.25, -0.2) is 9.97 Å². The molecule has 2 rings (SSSR count). The number of nitrogens with one attached hydrogen (secondary N) is 1. The van der Waals surface area contributed by atoms with Gasteiger partial charge in [0.05, 0.1) is 11.1 Å². The third-order valence-corrected chi connectivity index (χ3v) is 1.98. The molecule has 0 fully saturated rings. The standard InChI is InChI=1S/C9H12N4/c1-9(2,3)7-6-4-10-5-11-8(6)13-12-7/h4-5H,1-3H3,(H,10,11,12,13). The van der Waals surface area contributed by atoms with Crippen molar-refractivity contribution in [3.63, 3.8) is 0 Å². The minimum absolute atomic E-state index is 0.0550. The molecular formula is C9H12N4. The fourth-order valence-corrected chi connectivity index (χ4v) is 1.33. The van der Waals surface area contributed by atoms with Crippen LogP contribution in [0.1, 0.15) is 26.5 Å². The molecule has 0 aliphatic carbocycles. The zero-order valence-corrected chi connectivity index (χ0v) is 8.00. The van der Waals surface area contributed by atoms with Crippen molar-refractivity contribution >= 4 is 11.0 Å². The second kappa shape index (κ2) is 2.52. The average Bonchev–Trinajstić information content (AvgIpc) is 2.45. The summed E-state index contributed by atoms with van der Waals surface area (Å²) in [7, 11) is 0. The maximum absolute atomic E-state index is 4.11. The summed E-state index contributed by atoms with van der Waals surface area (Å²) in [6, 6.07) is 0. The van der Waals surface area contributed by atoms with Gasteiger partial charge in [-0.1, -0.05) is 20.8 Å². The Morgan fingerprint density at radius 2 is 2.08 bits per heavy atom. The van der Waals surface area contributed by atoms with Gasteiger partial charge in [-0.15, -0.1) is 0 Å². The number of aromatic amines is 1. The lowest BCUT2D eigenvalue weighted by molar-refractivity contribution is 0.571. The number of nitrogens with zero attached hydrogens (tertiary/aromatic N) is 3. The predicted molar refractivity (Wildman–Crippen MR) is 50.4 cm³/mol. The van der Waals surface area contributed by atoms with Gasteiger partial charge >= 0.3 is 0 Å². The second-order valence-electron chi connectivity index (χ2n) is 4.11. The summed E-state index contributed by atoms with van der Waals surface area (Å²) in [5.41, 5.74) is 1.88. The second-order valence-corrected chi connectivity index (χ2v) is 4.11. The molecule has 0 aliphatic rings. The van der Waals surface area contributed by atoms with Crippen LogP contribution in [0.4, 0.5) is 0 Å². The van der Waals surface area contributed by atoms with Crippen LogP contribution < -0.4 is 0 Å². The Balaban J connectivity index is 2.72. The third-order valence-electron chi connectivity index (χ3n) is 1.98. The summed E-state index contributed by atoms with van der Waals surface area (Å²) in [4.78, 5) is 8.05. The third kappa shape index (κ3) is 1.28. The van der Waals surface area contributed by atoms with Gasteiger partial charge in [-0.05, 0) is 0 Å². The van der Waals surface area contributed by atoms with E-state index < -0.39 is 0 Å². The highest BCUT2D eigenvalue weighted by Crippen LogP contribution is 2.25. The molecule has 2 aromatic heterocycles. The molecule has 13 heavy (non-hydrogen) atoms. The molecule has 0 unspecified atom stereocenters. The predicted octanol–water partition coefficient (Wildman–Crippen LogP) is 1.65. The number of H-pyrrole nitrogens is 1. The van der Waals surface area contributed by atoms with Gasteiger partial charge in [-0.2, -0.15) is 5.10 Å². The molecule has 0 aliphatic heterocycles. The highest BCUT2D eigenvalue weighted by Gasteiger charge is 2.19. The van der Waals surface area contributed by atoms with Crippen LogP contribution in [0.3, 0.4) is 0 Å². The van der Waals surface area contributed by atoms with E-state index in [0.717, 1.165) is 16.7 Å². The zero-order valence-electron chi connectivity index (χ0n) is 8.00. The van der Waals surface area contributed by atoms with Crippen LogP contribution in [0, 0.1) is 0 Å². The average molecular weight is 176 g/mol. The van der Waals surface area contributed by atoms with Crippen molar-refractivity contribution in [1.29, 1.82) is 0 Å². The van der Waals surface area contributed by atoms with Crippen LogP contribution >= 0.6 is 0 Å². The van der Waals surface area contributed by atoms with E-state index in [-0.39, 0.29) is 5.41 Å². The van der Waals surface area contributed by atoms with Crippen LogP contribution in [0.25, 0.3) is 11.0 Å². The minimum Gasteiger partial charge on any atom is -0.279 e. The van der Waals surface area contributed by atoms with Crippen LogP contribution in [-0.2, 0) is 5.41 Å². The molecule has 68 valence electrons. The van der Waals surface area contributed by atoms with Crippen molar-refractivity contribution in [3.05, 3.63) is 18.2 Å². The molecule has 0 saturated heterocycles. The van der Waals surface area contributed by atoms with Crippen molar-refractivity contribution < 1.29 is 0 Å². The van der Waals surface area contributed by atoms with Crippen molar-refractivity contribution in [2.45, 2.75) is 26.2 Å². The normalized spacial score (nSPS) is 12.2. The molecule has 0 atom stereocenters. The Morgan fingerprint density at radius 3 is 2.77 bits per heavy atom. The van der Waals surface area contributed by atoms with Crippen LogP contribution in [0.5, 0.6) is 0 Å². The Morgan fingerprint density at radius 1 is 1.31 bits per heavy atom.